The summed E-state index contributed by atoms with van der Waals surface area (Å²) in [6, 6.07) is 1.41. The van der Waals surface area contributed by atoms with Gasteiger partial charge in [0.05, 0.1) is 5.56 Å². The van der Waals surface area contributed by atoms with Crippen LogP contribution in [0.5, 0.6) is 0 Å². The minimum Gasteiger partial charge on any atom is -0.368 e. The van der Waals surface area contributed by atoms with E-state index in [1.807, 2.05) is 21.0 Å². The molecule has 5 nitrogen and oxygen atoms in total. The Morgan fingerprint density at radius 1 is 1.48 bits per heavy atom. The summed E-state index contributed by atoms with van der Waals surface area (Å²) in [7, 11) is 4.03. The topological polar surface area (TPSA) is 57.3 Å². The van der Waals surface area contributed by atoms with E-state index >= 15 is 0 Å². The molecule has 116 valence electrons. The lowest BCUT2D eigenvalue weighted by Crippen LogP contribution is -2.57. The van der Waals surface area contributed by atoms with Gasteiger partial charge in [-0.1, -0.05) is 0 Å². The van der Waals surface area contributed by atoms with Crippen LogP contribution in [0.1, 0.15) is 36.5 Å². The van der Waals surface area contributed by atoms with Crippen molar-refractivity contribution in [1.82, 2.24) is 15.2 Å². The predicted octanol–water partition coefficient (Wildman–Crippen LogP) is 1.87. The molecule has 1 amide bonds. The van der Waals surface area contributed by atoms with Crippen molar-refractivity contribution in [2.75, 3.05) is 32.5 Å². The van der Waals surface area contributed by atoms with E-state index in [9.17, 15) is 9.18 Å². The number of hydrogen-bond donors (Lipinski definition) is 2. The predicted molar refractivity (Wildman–Crippen MR) is 81.0 cm³/mol. The van der Waals surface area contributed by atoms with E-state index in [4.69, 9.17) is 0 Å². The minimum absolute atomic E-state index is 0.0175. The number of nitrogens with one attached hydrogen (secondary N) is 2. The Morgan fingerprint density at radius 3 is 2.71 bits per heavy atom. The zero-order chi connectivity index (χ0) is 15.5. The van der Waals surface area contributed by atoms with E-state index in [-0.39, 0.29) is 22.8 Å². The summed E-state index contributed by atoms with van der Waals surface area (Å²) < 4.78 is 14.2. The van der Waals surface area contributed by atoms with Crippen molar-refractivity contribution in [2.45, 2.75) is 31.7 Å². The van der Waals surface area contributed by atoms with Crippen LogP contribution in [0.2, 0.25) is 0 Å². The molecule has 21 heavy (non-hydrogen) atoms. The van der Waals surface area contributed by atoms with Crippen molar-refractivity contribution in [3.05, 3.63) is 23.6 Å². The van der Waals surface area contributed by atoms with E-state index < -0.39 is 5.82 Å². The number of anilines is 1. The Bertz CT molecular complexity index is 514. The molecule has 1 saturated carbocycles. The normalized spacial score (nSPS) is 16.4. The first kappa shape index (κ1) is 15.7. The zero-order valence-electron chi connectivity index (χ0n) is 12.9. The molecule has 0 aliphatic heterocycles. The average Bonchev–Trinajstić information content (AvgIpc) is 2.39. The van der Waals surface area contributed by atoms with E-state index in [1.165, 1.54) is 18.7 Å². The molecule has 0 unspecified atom stereocenters. The maximum absolute atomic E-state index is 14.2. The van der Waals surface area contributed by atoms with Crippen molar-refractivity contribution in [1.29, 1.82) is 0 Å². The number of carbonyl (C=O) groups is 1. The maximum atomic E-state index is 14.2. The van der Waals surface area contributed by atoms with Crippen LogP contribution >= 0.6 is 0 Å². The van der Waals surface area contributed by atoms with Crippen molar-refractivity contribution < 1.29 is 9.18 Å². The molecular formula is C15H23FN4O. The molecule has 0 bridgehead atoms. The summed E-state index contributed by atoms with van der Waals surface area (Å²) in [4.78, 5) is 18.2. The highest BCUT2D eigenvalue weighted by atomic mass is 19.1. The first-order chi connectivity index (χ1) is 10.00. The van der Waals surface area contributed by atoms with Gasteiger partial charge in [-0.3, -0.25) is 4.79 Å². The number of amides is 1. The standard InChI is InChI=1S/C15H23FN4O/c1-4-17-13-12(16)11(6-9-18-13)14(21)19-10-15(20(2)3)7-5-8-15/h6,9H,4-5,7-8,10H2,1-3H3,(H,17,18)(H,19,21). The lowest BCUT2D eigenvalue weighted by molar-refractivity contribution is 0.0556. The summed E-state index contributed by atoms with van der Waals surface area (Å²) in [6.45, 7) is 2.95. The fourth-order valence-electron chi connectivity index (χ4n) is 2.62. The zero-order valence-corrected chi connectivity index (χ0v) is 12.9. The van der Waals surface area contributed by atoms with Crippen LogP contribution in [0.15, 0.2) is 12.3 Å². The lowest BCUT2D eigenvalue weighted by atomic mass is 9.75. The fraction of sp³-hybridized carbons (Fsp3) is 0.600. The quantitative estimate of drug-likeness (QED) is 0.841. The Labute approximate surface area is 124 Å². The number of halogens is 1. The molecule has 1 heterocycles. The number of nitrogens with zero attached hydrogens (tertiary/aromatic N) is 2. The largest absolute Gasteiger partial charge is 0.368 e. The van der Waals surface area contributed by atoms with Crippen LogP contribution in [-0.2, 0) is 0 Å². The number of aromatic nitrogens is 1. The third kappa shape index (κ3) is 3.15. The van der Waals surface area contributed by atoms with Crippen molar-refractivity contribution >= 4 is 11.7 Å². The van der Waals surface area contributed by atoms with Crippen LogP contribution < -0.4 is 10.6 Å². The highest BCUT2D eigenvalue weighted by Gasteiger charge is 2.39. The SMILES string of the molecule is CCNc1nccc(C(=O)NCC2(N(C)C)CCC2)c1F. The Balaban J connectivity index is 2.05. The molecule has 0 radical (unpaired) electrons. The number of carbonyl (C=O) groups excluding carboxylic acids is 1. The van der Waals surface area contributed by atoms with Gasteiger partial charge in [-0.05, 0) is 46.3 Å². The van der Waals surface area contributed by atoms with Gasteiger partial charge in [0.25, 0.3) is 5.91 Å². The smallest absolute Gasteiger partial charge is 0.254 e. The Morgan fingerprint density at radius 2 is 2.19 bits per heavy atom. The first-order valence-electron chi connectivity index (χ1n) is 7.34. The lowest BCUT2D eigenvalue weighted by Gasteiger charge is -2.47. The second kappa shape index (κ2) is 6.39. The van der Waals surface area contributed by atoms with Gasteiger partial charge in [-0.25, -0.2) is 9.37 Å². The summed E-state index contributed by atoms with van der Waals surface area (Å²) >= 11 is 0. The van der Waals surface area contributed by atoms with Gasteiger partial charge in [0, 0.05) is 24.8 Å². The molecule has 1 aromatic rings. The summed E-state index contributed by atoms with van der Waals surface area (Å²) in [5.41, 5.74) is 0.0538. The molecule has 1 aromatic heterocycles. The van der Waals surface area contributed by atoms with Crippen LogP contribution in [0.25, 0.3) is 0 Å². The van der Waals surface area contributed by atoms with Gasteiger partial charge in [-0.15, -0.1) is 0 Å². The van der Waals surface area contributed by atoms with Crippen LogP contribution in [0.4, 0.5) is 10.2 Å². The van der Waals surface area contributed by atoms with Crippen molar-refractivity contribution in [3.63, 3.8) is 0 Å². The Hall–Kier alpha value is -1.69. The van der Waals surface area contributed by atoms with E-state index in [0.717, 1.165) is 12.8 Å². The number of hydrogen-bond acceptors (Lipinski definition) is 4. The second-order valence-electron chi connectivity index (χ2n) is 5.71. The molecule has 2 rings (SSSR count). The number of likely N-dealkylation sites (N-methyl/N-ethyl adjacent to an activating group) is 1. The molecule has 0 aromatic carbocycles. The summed E-state index contributed by atoms with van der Waals surface area (Å²) in [6.07, 6.45) is 4.73. The third-order valence-corrected chi connectivity index (χ3v) is 4.29. The molecule has 1 aliphatic carbocycles. The molecule has 2 N–H and O–H groups in total. The third-order valence-electron chi connectivity index (χ3n) is 4.29. The number of rotatable bonds is 6. The molecular weight excluding hydrogens is 271 g/mol. The molecule has 1 aliphatic rings. The van der Waals surface area contributed by atoms with Gasteiger partial charge in [-0.2, -0.15) is 0 Å². The fourth-order valence-corrected chi connectivity index (χ4v) is 2.62. The van der Waals surface area contributed by atoms with Crippen LogP contribution in [0, 0.1) is 5.82 Å². The minimum atomic E-state index is -0.593. The monoisotopic (exact) mass is 294 g/mol. The highest BCUT2D eigenvalue weighted by Crippen LogP contribution is 2.35. The second-order valence-corrected chi connectivity index (χ2v) is 5.71. The van der Waals surface area contributed by atoms with Gasteiger partial charge in [0.1, 0.15) is 0 Å². The van der Waals surface area contributed by atoms with E-state index in [1.54, 1.807) is 0 Å². The number of pyridine rings is 1. The van der Waals surface area contributed by atoms with E-state index in [2.05, 4.69) is 20.5 Å². The van der Waals surface area contributed by atoms with Crippen molar-refractivity contribution in [3.8, 4) is 0 Å². The molecule has 0 atom stereocenters. The van der Waals surface area contributed by atoms with Gasteiger partial charge in [0.2, 0.25) is 0 Å². The highest BCUT2D eigenvalue weighted by molar-refractivity contribution is 5.95. The van der Waals surface area contributed by atoms with Crippen LogP contribution in [-0.4, -0.2) is 48.5 Å². The summed E-state index contributed by atoms with van der Waals surface area (Å²) in [5, 5.41) is 5.67. The summed E-state index contributed by atoms with van der Waals surface area (Å²) in [5.74, 6) is -0.859. The Kier molecular flexibility index (Phi) is 4.77. The maximum Gasteiger partial charge on any atom is 0.254 e. The van der Waals surface area contributed by atoms with Gasteiger partial charge < -0.3 is 15.5 Å². The molecule has 1 fully saturated rings. The van der Waals surface area contributed by atoms with E-state index in [0.29, 0.717) is 13.1 Å². The van der Waals surface area contributed by atoms with Crippen molar-refractivity contribution in [2.24, 2.45) is 0 Å². The van der Waals surface area contributed by atoms with Crippen LogP contribution in [0.3, 0.4) is 0 Å². The molecule has 0 saturated heterocycles. The van der Waals surface area contributed by atoms with Gasteiger partial charge >= 0.3 is 0 Å². The molecule has 0 spiro atoms. The molecule has 6 heteroatoms. The van der Waals surface area contributed by atoms with Gasteiger partial charge in [0.15, 0.2) is 11.6 Å². The average molecular weight is 294 g/mol. The first-order valence-corrected chi connectivity index (χ1v) is 7.34.